The fourth-order valence-electron chi connectivity index (χ4n) is 3.10. The lowest BCUT2D eigenvalue weighted by atomic mass is 10.3. The van der Waals surface area contributed by atoms with Crippen LogP contribution in [-0.4, -0.2) is 70.5 Å². The smallest absolute Gasteiger partial charge is 0.260 e. The monoisotopic (exact) mass is 498 g/mol. The third-order valence-corrected chi connectivity index (χ3v) is 7.34. The second-order valence-corrected chi connectivity index (χ2v) is 9.28. The van der Waals surface area contributed by atoms with Gasteiger partial charge in [-0.2, -0.15) is 4.31 Å². The van der Waals surface area contributed by atoms with Crippen molar-refractivity contribution in [1.82, 2.24) is 9.21 Å². The minimum absolute atomic E-state index is 0.0430. The molecule has 10 heteroatoms. The van der Waals surface area contributed by atoms with E-state index in [1.54, 1.807) is 23.1 Å². The van der Waals surface area contributed by atoms with Crippen LogP contribution in [0.2, 0.25) is 0 Å². The fraction of sp³-hybridized carbons (Fsp3) is 0.350. The van der Waals surface area contributed by atoms with Gasteiger partial charge in [-0.05, 0) is 40.2 Å². The van der Waals surface area contributed by atoms with Gasteiger partial charge in [-0.15, -0.1) is 0 Å². The van der Waals surface area contributed by atoms with E-state index in [2.05, 4.69) is 15.9 Å². The summed E-state index contributed by atoms with van der Waals surface area (Å²) in [6.45, 7) is 0.819. The minimum Gasteiger partial charge on any atom is -0.497 e. The van der Waals surface area contributed by atoms with Gasteiger partial charge in [0.1, 0.15) is 22.1 Å². The quantitative estimate of drug-likeness (QED) is 0.582. The third-order valence-electron chi connectivity index (χ3n) is 4.77. The van der Waals surface area contributed by atoms with Crippen LogP contribution in [0.4, 0.5) is 0 Å². The maximum absolute atomic E-state index is 13.1. The molecule has 0 atom stereocenters. The van der Waals surface area contributed by atoms with Crippen LogP contribution < -0.4 is 14.2 Å². The Labute approximate surface area is 184 Å². The third kappa shape index (κ3) is 4.88. The number of hydrogen-bond donors (Lipinski definition) is 0. The SMILES string of the molecule is COc1ccc(OC)c(S(=O)(=O)N2CCN(C(=O)COc3ccccc3Br)CC2)c1. The number of halogens is 1. The number of amides is 1. The number of carbonyl (C=O) groups excluding carboxylic acids is 1. The number of methoxy groups -OCH3 is 2. The second-order valence-electron chi connectivity index (χ2n) is 6.52. The molecular formula is C20H23BrN2O6S. The fourth-order valence-corrected chi connectivity index (χ4v) is 5.09. The van der Waals surface area contributed by atoms with Crippen molar-refractivity contribution in [2.75, 3.05) is 47.0 Å². The van der Waals surface area contributed by atoms with Crippen LogP contribution in [-0.2, 0) is 14.8 Å². The standard InChI is InChI=1S/C20H23BrN2O6S/c1-27-15-7-8-18(28-2)19(13-15)30(25,26)23-11-9-22(10-12-23)20(24)14-29-17-6-4-3-5-16(17)21/h3-8,13H,9-12,14H2,1-2H3. The Bertz CT molecular complexity index is 1010. The maximum atomic E-state index is 13.1. The molecule has 0 N–H and O–H groups in total. The molecule has 0 spiro atoms. The molecule has 1 saturated heterocycles. The molecule has 1 aliphatic rings. The van der Waals surface area contributed by atoms with E-state index in [9.17, 15) is 13.2 Å². The zero-order chi connectivity index (χ0) is 21.7. The highest BCUT2D eigenvalue weighted by molar-refractivity contribution is 9.10. The van der Waals surface area contributed by atoms with Crippen molar-refractivity contribution >= 4 is 31.9 Å². The van der Waals surface area contributed by atoms with Gasteiger partial charge in [0.25, 0.3) is 5.91 Å². The van der Waals surface area contributed by atoms with E-state index in [-0.39, 0.29) is 49.3 Å². The van der Waals surface area contributed by atoms with E-state index in [1.807, 2.05) is 18.2 Å². The zero-order valence-electron chi connectivity index (χ0n) is 16.7. The molecule has 2 aromatic carbocycles. The lowest BCUT2D eigenvalue weighted by molar-refractivity contribution is -0.134. The van der Waals surface area contributed by atoms with Crippen LogP contribution in [0.3, 0.4) is 0 Å². The molecule has 0 aliphatic carbocycles. The minimum atomic E-state index is -3.79. The highest BCUT2D eigenvalue weighted by atomic mass is 79.9. The summed E-state index contributed by atoms with van der Waals surface area (Å²) in [5.74, 6) is 1.06. The van der Waals surface area contributed by atoms with Crippen molar-refractivity contribution < 1.29 is 27.4 Å². The molecule has 1 heterocycles. The summed E-state index contributed by atoms with van der Waals surface area (Å²) < 4.78 is 44.3. The first-order valence-electron chi connectivity index (χ1n) is 9.24. The van der Waals surface area contributed by atoms with E-state index < -0.39 is 10.0 Å². The first-order valence-corrected chi connectivity index (χ1v) is 11.5. The van der Waals surface area contributed by atoms with Gasteiger partial charge >= 0.3 is 0 Å². The van der Waals surface area contributed by atoms with Gasteiger partial charge < -0.3 is 19.1 Å². The molecule has 0 bridgehead atoms. The van der Waals surface area contributed by atoms with Crippen LogP contribution in [0.15, 0.2) is 51.8 Å². The number of rotatable bonds is 7. The number of hydrogen-bond acceptors (Lipinski definition) is 6. The number of sulfonamides is 1. The molecule has 2 aromatic rings. The Hall–Kier alpha value is -2.30. The van der Waals surface area contributed by atoms with Crippen LogP contribution in [0.1, 0.15) is 0 Å². The number of carbonyl (C=O) groups is 1. The Kier molecular flexibility index (Phi) is 7.22. The summed E-state index contributed by atoms with van der Waals surface area (Å²) in [4.78, 5) is 14.1. The Morgan fingerprint density at radius 3 is 2.33 bits per heavy atom. The molecule has 162 valence electrons. The highest BCUT2D eigenvalue weighted by Crippen LogP contribution is 2.31. The van der Waals surface area contributed by atoms with Crippen molar-refractivity contribution in [3.63, 3.8) is 0 Å². The molecule has 1 amide bonds. The molecule has 0 unspecified atom stereocenters. The van der Waals surface area contributed by atoms with Gasteiger partial charge in [-0.1, -0.05) is 12.1 Å². The van der Waals surface area contributed by atoms with Crippen molar-refractivity contribution in [2.24, 2.45) is 0 Å². The highest BCUT2D eigenvalue weighted by Gasteiger charge is 2.32. The lowest BCUT2D eigenvalue weighted by Crippen LogP contribution is -2.51. The average Bonchev–Trinajstić information content (AvgIpc) is 2.78. The van der Waals surface area contributed by atoms with Crippen molar-refractivity contribution in [1.29, 1.82) is 0 Å². The van der Waals surface area contributed by atoms with E-state index in [0.29, 0.717) is 11.5 Å². The number of para-hydroxylation sites is 1. The van der Waals surface area contributed by atoms with Gasteiger partial charge in [-0.25, -0.2) is 8.42 Å². The van der Waals surface area contributed by atoms with Gasteiger partial charge in [0.05, 0.1) is 18.7 Å². The topological polar surface area (TPSA) is 85.4 Å². The van der Waals surface area contributed by atoms with Crippen LogP contribution in [0.5, 0.6) is 17.2 Å². The molecule has 0 aromatic heterocycles. The molecule has 3 rings (SSSR count). The maximum Gasteiger partial charge on any atom is 0.260 e. The van der Waals surface area contributed by atoms with Crippen LogP contribution in [0.25, 0.3) is 0 Å². The molecular weight excluding hydrogens is 476 g/mol. The normalized spacial score (nSPS) is 15.0. The second kappa shape index (κ2) is 9.67. The van der Waals surface area contributed by atoms with Crippen LogP contribution in [0, 0.1) is 0 Å². The summed E-state index contributed by atoms with van der Waals surface area (Å²) in [6, 6.07) is 11.9. The van der Waals surface area contributed by atoms with Gasteiger partial charge in [-0.3, -0.25) is 4.79 Å². The Morgan fingerprint density at radius 1 is 1.00 bits per heavy atom. The van der Waals surface area contributed by atoms with Gasteiger partial charge in [0, 0.05) is 32.2 Å². The predicted octanol–water partition coefficient (Wildman–Crippen LogP) is 2.38. The number of ether oxygens (including phenoxy) is 3. The summed E-state index contributed by atoms with van der Waals surface area (Å²) in [6.07, 6.45) is 0. The number of benzene rings is 2. The van der Waals surface area contributed by atoms with Crippen molar-refractivity contribution in [3.05, 3.63) is 46.9 Å². The van der Waals surface area contributed by atoms with E-state index >= 15 is 0 Å². The molecule has 0 saturated carbocycles. The molecule has 1 fully saturated rings. The molecule has 0 radical (unpaired) electrons. The Morgan fingerprint density at radius 2 is 1.70 bits per heavy atom. The van der Waals surface area contributed by atoms with E-state index in [0.717, 1.165) is 4.47 Å². The van der Waals surface area contributed by atoms with Crippen LogP contribution >= 0.6 is 15.9 Å². The average molecular weight is 499 g/mol. The number of nitrogens with zero attached hydrogens (tertiary/aromatic N) is 2. The van der Waals surface area contributed by atoms with Gasteiger partial charge in [0.2, 0.25) is 10.0 Å². The van der Waals surface area contributed by atoms with Gasteiger partial charge in [0.15, 0.2) is 6.61 Å². The largest absolute Gasteiger partial charge is 0.497 e. The van der Waals surface area contributed by atoms with Crippen molar-refractivity contribution in [2.45, 2.75) is 4.90 Å². The van der Waals surface area contributed by atoms with E-state index in [1.165, 1.54) is 24.6 Å². The zero-order valence-corrected chi connectivity index (χ0v) is 19.1. The summed E-state index contributed by atoms with van der Waals surface area (Å²) in [7, 11) is -0.904. The predicted molar refractivity (Wildman–Crippen MR) is 115 cm³/mol. The summed E-state index contributed by atoms with van der Waals surface area (Å²) in [5, 5.41) is 0. The molecule has 8 nitrogen and oxygen atoms in total. The molecule has 1 aliphatic heterocycles. The Balaban J connectivity index is 1.63. The van der Waals surface area contributed by atoms with Crippen molar-refractivity contribution in [3.8, 4) is 17.2 Å². The summed E-state index contributed by atoms with van der Waals surface area (Å²) >= 11 is 3.37. The van der Waals surface area contributed by atoms with E-state index in [4.69, 9.17) is 14.2 Å². The lowest BCUT2D eigenvalue weighted by Gasteiger charge is -2.34. The first-order chi connectivity index (χ1) is 14.4. The molecule has 30 heavy (non-hydrogen) atoms. The summed E-state index contributed by atoms with van der Waals surface area (Å²) in [5.41, 5.74) is 0. The first kappa shape index (κ1) is 22.4. The number of piperazine rings is 1.